The Labute approximate surface area is 189 Å². The second-order valence-electron chi connectivity index (χ2n) is 8.06. The molecule has 0 spiro atoms. The van der Waals surface area contributed by atoms with Gasteiger partial charge >= 0.3 is 5.69 Å². The van der Waals surface area contributed by atoms with Crippen molar-refractivity contribution in [2.75, 3.05) is 13.1 Å². The van der Waals surface area contributed by atoms with Crippen LogP contribution in [0.4, 0.5) is 0 Å². The minimum Gasteiger partial charge on any atom is -0.339 e. The summed E-state index contributed by atoms with van der Waals surface area (Å²) in [5.74, 6) is 1.00. The number of likely N-dealkylation sites (tertiary alicyclic amines) is 1. The lowest BCUT2D eigenvalue weighted by atomic mass is 9.95. The van der Waals surface area contributed by atoms with E-state index in [1.165, 1.54) is 0 Å². The van der Waals surface area contributed by atoms with E-state index >= 15 is 0 Å². The van der Waals surface area contributed by atoms with Gasteiger partial charge in [0.2, 0.25) is 0 Å². The van der Waals surface area contributed by atoms with Gasteiger partial charge in [-0.2, -0.15) is 13.8 Å². The molecule has 0 atom stereocenters. The molecule has 5 rings (SSSR count). The normalized spacial score (nSPS) is 14.8. The molecule has 3 heterocycles. The molecule has 0 saturated carbocycles. The third-order valence-corrected chi connectivity index (χ3v) is 6.65. The zero-order valence-corrected chi connectivity index (χ0v) is 18.7. The van der Waals surface area contributed by atoms with Crippen LogP contribution in [0.25, 0.3) is 11.0 Å². The van der Waals surface area contributed by atoms with Gasteiger partial charge in [0.1, 0.15) is 16.9 Å². The molecule has 4 aromatic rings. The minimum absolute atomic E-state index is 0.0147. The molecule has 0 N–H and O–H groups in total. The first-order valence-electron chi connectivity index (χ1n) is 10.9. The number of fused-ring (bicyclic) bond motifs is 1. The summed E-state index contributed by atoms with van der Waals surface area (Å²) in [4.78, 5) is 27.8. The number of aromatic nitrogens is 5. The summed E-state index contributed by atoms with van der Waals surface area (Å²) in [7, 11) is 0. The van der Waals surface area contributed by atoms with Crippen molar-refractivity contribution < 1.29 is 4.79 Å². The predicted molar refractivity (Wildman–Crippen MR) is 123 cm³/mol. The maximum Gasteiger partial charge on any atom is 0.346 e. The number of carbonyl (C=O) groups is 1. The molecule has 32 heavy (non-hydrogen) atoms. The summed E-state index contributed by atoms with van der Waals surface area (Å²) in [5, 5.41) is 4.71. The number of carbonyl (C=O) groups excluding carboxylic acids is 1. The first-order valence-corrected chi connectivity index (χ1v) is 11.6. The molecular formula is C23H24N6O2S. The van der Waals surface area contributed by atoms with Crippen LogP contribution in [0.3, 0.4) is 0 Å². The van der Waals surface area contributed by atoms with E-state index in [2.05, 4.69) is 8.75 Å². The van der Waals surface area contributed by atoms with E-state index in [-0.39, 0.29) is 17.5 Å². The molecule has 2 aromatic carbocycles. The smallest absolute Gasteiger partial charge is 0.339 e. The molecule has 1 amide bonds. The maximum absolute atomic E-state index is 13.0. The van der Waals surface area contributed by atoms with E-state index in [4.69, 9.17) is 5.10 Å². The number of nitrogens with zero attached hydrogens (tertiary/aromatic N) is 6. The van der Waals surface area contributed by atoms with Crippen LogP contribution in [0, 0.1) is 0 Å². The molecule has 0 aliphatic carbocycles. The van der Waals surface area contributed by atoms with E-state index in [0.717, 1.165) is 47.0 Å². The van der Waals surface area contributed by atoms with E-state index in [1.54, 1.807) is 9.25 Å². The summed E-state index contributed by atoms with van der Waals surface area (Å²) >= 11 is 1.15. The first-order chi connectivity index (χ1) is 15.6. The van der Waals surface area contributed by atoms with Crippen LogP contribution in [-0.4, -0.2) is 47.0 Å². The highest BCUT2D eigenvalue weighted by Crippen LogP contribution is 2.27. The van der Waals surface area contributed by atoms with Crippen molar-refractivity contribution >= 4 is 28.7 Å². The molecule has 8 nitrogen and oxygen atoms in total. The Morgan fingerprint density at radius 1 is 1.06 bits per heavy atom. The van der Waals surface area contributed by atoms with Gasteiger partial charge in [-0.15, -0.1) is 0 Å². The lowest BCUT2D eigenvalue weighted by Gasteiger charge is -2.31. The Balaban J connectivity index is 1.30. The van der Waals surface area contributed by atoms with Crippen molar-refractivity contribution in [2.24, 2.45) is 0 Å². The van der Waals surface area contributed by atoms with Gasteiger partial charge in [-0.1, -0.05) is 30.3 Å². The quantitative estimate of drug-likeness (QED) is 0.468. The number of rotatable bonds is 5. The molecular weight excluding hydrogens is 424 g/mol. The molecule has 0 bridgehead atoms. The fourth-order valence-electron chi connectivity index (χ4n) is 4.35. The molecule has 1 aliphatic heterocycles. The topological polar surface area (TPSA) is 85.9 Å². The van der Waals surface area contributed by atoms with Gasteiger partial charge in [-0.3, -0.25) is 9.36 Å². The number of piperidine rings is 1. The van der Waals surface area contributed by atoms with Crippen molar-refractivity contribution in [1.29, 1.82) is 0 Å². The van der Waals surface area contributed by atoms with Gasteiger partial charge in [-0.05, 0) is 43.5 Å². The number of hydrogen-bond acceptors (Lipinski definition) is 6. The van der Waals surface area contributed by atoms with Crippen molar-refractivity contribution in [1.82, 2.24) is 28.0 Å². The molecule has 164 valence electrons. The lowest BCUT2D eigenvalue weighted by molar-refractivity contribution is 0.0710. The molecule has 1 saturated heterocycles. The fraction of sp³-hybridized carbons (Fsp3) is 0.348. The second kappa shape index (κ2) is 8.66. The lowest BCUT2D eigenvalue weighted by Crippen LogP contribution is -2.38. The molecule has 0 radical (unpaired) electrons. The van der Waals surface area contributed by atoms with Crippen LogP contribution in [0.1, 0.15) is 47.4 Å². The molecule has 0 unspecified atom stereocenters. The van der Waals surface area contributed by atoms with Gasteiger partial charge < -0.3 is 4.90 Å². The molecule has 1 fully saturated rings. The number of amides is 1. The Morgan fingerprint density at radius 3 is 2.56 bits per heavy atom. The molecule has 2 aromatic heterocycles. The van der Waals surface area contributed by atoms with Gasteiger partial charge in [0.15, 0.2) is 0 Å². The largest absolute Gasteiger partial charge is 0.346 e. The van der Waals surface area contributed by atoms with E-state index in [0.29, 0.717) is 31.7 Å². The average Bonchev–Trinajstić information content (AvgIpc) is 3.43. The zero-order chi connectivity index (χ0) is 22.1. The van der Waals surface area contributed by atoms with Crippen LogP contribution in [-0.2, 0) is 13.1 Å². The highest BCUT2D eigenvalue weighted by Gasteiger charge is 2.29. The monoisotopic (exact) mass is 448 g/mol. The van der Waals surface area contributed by atoms with Gasteiger partial charge in [0.05, 0.1) is 18.3 Å². The van der Waals surface area contributed by atoms with Crippen LogP contribution in [0.5, 0.6) is 0 Å². The van der Waals surface area contributed by atoms with E-state index in [1.807, 2.05) is 60.4 Å². The zero-order valence-electron chi connectivity index (χ0n) is 17.8. The predicted octanol–water partition coefficient (Wildman–Crippen LogP) is 3.14. The standard InChI is InChI=1S/C23H24N6O2S/c1-2-28-21(24-29(23(28)31)15-16-6-4-3-5-7-16)17-10-12-27(13-11-17)22(30)18-8-9-19-20(14-18)26-32-25-19/h3-9,14,17H,2,10-13,15H2,1H3. The van der Waals surface area contributed by atoms with Crippen LogP contribution < -0.4 is 5.69 Å². The number of hydrogen-bond donors (Lipinski definition) is 0. The van der Waals surface area contributed by atoms with Crippen molar-refractivity contribution in [3.05, 3.63) is 76.0 Å². The highest BCUT2D eigenvalue weighted by molar-refractivity contribution is 7.00. The fourth-order valence-corrected chi connectivity index (χ4v) is 4.87. The summed E-state index contributed by atoms with van der Waals surface area (Å²) in [6, 6.07) is 15.4. The van der Waals surface area contributed by atoms with Gasteiger partial charge in [0.25, 0.3) is 5.91 Å². The van der Waals surface area contributed by atoms with Crippen molar-refractivity contribution in [3.63, 3.8) is 0 Å². The Morgan fingerprint density at radius 2 is 1.81 bits per heavy atom. The van der Waals surface area contributed by atoms with Crippen LogP contribution in [0.2, 0.25) is 0 Å². The third kappa shape index (κ3) is 3.84. The maximum atomic E-state index is 13.0. The first kappa shape index (κ1) is 20.6. The third-order valence-electron chi connectivity index (χ3n) is 6.09. The van der Waals surface area contributed by atoms with Crippen molar-refractivity contribution in [3.8, 4) is 0 Å². The van der Waals surface area contributed by atoms with Gasteiger partial charge in [-0.25, -0.2) is 9.48 Å². The molecule has 9 heteroatoms. The summed E-state index contributed by atoms with van der Waals surface area (Å²) in [6.07, 6.45) is 1.57. The second-order valence-corrected chi connectivity index (χ2v) is 8.59. The Hall–Kier alpha value is -3.33. The van der Waals surface area contributed by atoms with E-state index in [9.17, 15) is 9.59 Å². The average molecular weight is 449 g/mol. The van der Waals surface area contributed by atoms with Crippen LogP contribution >= 0.6 is 11.7 Å². The summed E-state index contributed by atoms with van der Waals surface area (Å²) in [6.45, 7) is 4.30. The minimum atomic E-state index is -0.0740. The summed E-state index contributed by atoms with van der Waals surface area (Å²) in [5.41, 5.74) is 3.19. The summed E-state index contributed by atoms with van der Waals surface area (Å²) < 4.78 is 11.8. The van der Waals surface area contributed by atoms with Gasteiger partial charge in [0, 0.05) is 31.1 Å². The molecule has 1 aliphatic rings. The SMILES string of the molecule is CCn1c(C2CCN(C(=O)c3ccc4nsnc4c3)CC2)nn(Cc2ccccc2)c1=O. The Bertz CT molecular complexity index is 1300. The van der Waals surface area contributed by atoms with Crippen molar-refractivity contribution in [2.45, 2.75) is 38.8 Å². The highest BCUT2D eigenvalue weighted by atomic mass is 32.1. The van der Waals surface area contributed by atoms with E-state index < -0.39 is 0 Å². The Kier molecular flexibility index (Phi) is 5.57. The van der Waals surface area contributed by atoms with Crippen LogP contribution in [0.15, 0.2) is 53.3 Å². The number of benzene rings is 2.